The molecule has 0 aliphatic rings. The zero-order valence-electron chi connectivity index (χ0n) is 5.91. The zero-order chi connectivity index (χ0) is 7.72. The molecule has 1 aromatic rings. The molecule has 0 saturated heterocycles. The summed E-state index contributed by atoms with van der Waals surface area (Å²) in [6, 6.07) is 3.53. The van der Waals surface area contributed by atoms with E-state index in [2.05, 4.69) is 0 Å². The highest BCUT2D eigenvalue weighted by Gasteiger charge is 2.03. The Hall–Kier alpha value is -0.495. The molecule has 0 N–H and O–H groups in total. The van der Waals surface area contributed by atoms with Crippen LogP contribution in [0, 0.1) is 12.7 Å². The molecular weight excluding hydrogens is 149 g/mol. The maximum atomic E-state index is 12.9. The van der Waals surface area contributed by atoms with E-state index < -0.39 is 0 Å². The van der Waals surface area contributed by atoms with Gasteiger partial charge in [0.1, 0.15) is 13.7 Å². The van der Waals surface area contributed by atoms with Crippen LogP contribution in [0.15, 0.2) is 12.1 Å². The molecule has 0 fully saturated rings. The first-order valence-electron chi connectivity index (χ1n) is 3.04. The number of hydrogen-bond acceptors (Lipinski definition) is 0. The third-order valence-electron chi connectivity index (χ3n) is 1.47. The molecule has 52 valence electrons. The summed E-state index contributed by atoms with van der Waals surface area (Å²) in [5, 5.41) is 0.236. The maximum absolute atomic E-state index is 12.9. The van der Waals surface area contributed by atoms with E-state index >= 15 is 0 Å². The Balaban J connectivity index is 3.34. The van der Waals surface area contributed by atoms with Gasteiger partial charge in [-0.15, -0.1) is 0 Å². The molecule has 0 amide bonds. The van der Waals surface area contributed by atoms with Crippen molar-refractivity contribution in [3.63, 3.8) is 0 Å². The summed E-state index contributed by atoms with van der Waals surface area (Å²) in [6.07, 6.45) is 0. The first kappa shape index (κ1) is 7.61. The molecule has 0 aliphatic heterocycles. The Morgan fingerprint density at radius 1 is 1.50 bits per heavy atom. The van der Waals surface area contributed by atoms with E-state index in [9.17, 15) is 4.39 Å². The number of rotatable bonds is 0. The highest BCUT2D eigenvalue weighted by molar-refractivity contribution is 6.36. The van der Waals surface area contributed by atoms with E-state index in [-0.39, 0.29) is 10.8 Å². The van der Waals surface area contributed by atoms with E-state index in [1.54, 1.807) is 26.9 Å². The summed E-state index contributed by atoms with van der Waals surface area (Å²) < 4.78 is 12.9. The van der Waals surface area contributed by atoms with Gasteiger partial charge in [-0.1, -0.05) is 29.2 Å². The van der Waals surface area contributed by atoms with Crippen LogP contribution in [0.25, 0.3) is 0 Å². The Morgan fingerprint density at radius 3 is 2.60 bits per heavy atom. The predicted octanol–water partition coefficient (Wildman–Crippen LogP) is 1.05. The quantitative estimate of drug-likeness (QED) is 0.493. The van der Waals surface area contributed by atoms with Gasteiger partial charge in [0.2, 0.25) is 0 Å². The standard InChI is InChI=1S/C7H7BClF/c1-4-2-3-5(8)7(10)6(4)9/h2-3H,8H2,1H3. The molecule has 0 heterocycles. The van der Waals surface area contributed by atoms with Crippen LogP contribution < -0.4 is 5.46 Å². The van der Waals surface area contributed by atoms with Crippen LogP contribution in [0.4, 0.5) is 4.39 Å². The fraction of sp³-hybridized carbons (Fsp3) is 0.143. The Morgan fingerprint density at radius 2 is 2.10 bits per heavy atom. The lowest BCUT2D eigenvalue weighted by Gasteiger charge is -2.00. The Labute approximate surface area is 65.4 Å². The van der Waals surface area contributed by atoms with E-state index in [0.29, 0.717) is 5.46 Å². The van der Waals surface area contributed by atoms with E-state index in [1.165, 1.54) is 0 Å². The molecule has 0 unspecified atom stereocenters. The lowest BCUT2D eigenvalue weighted by Crippen LogP contribution is -2.08. The van der Waals surface area contributed by atoms with Crippen molar-refractivity contribution in [3.05, 3.63) is 28.5 Å². The first-order chi connectivity index (χ1) is 4.63. The fourth-order valence-electron chi connectivity index (χ4n) is 0.743. The van der Waals surface area contributed by atoms with Crippen molar-refractivity contribution in [2.24, 2.45) is 0 Å². The van der Waals surface area contributed by atoms with Crippen molar-refractivity contribution in [1.82, 2.24) is 0 Å². The van der Waals surface area contributed by atoms with Crippen LogP contribution in [-0.2, 0) is 0 Å². The minimum Gasteiger partial charge on any atom is -0.206 e. The number of hydrogen-bond donors (Lipinski definition) is 0. The highest BCUT2D eigenvalue weighted by atomic mass is 35.5. The summed E-state index contributed by atoms with van der Waals surface area (Å²) in [5.41, 5.74) is 1.38. The lowest BCUT2D eigenvalue weighted by atomic mass is 9.94. The summed E-state index contributed by atoms with van der Waals surface area (Å²) >= 11 is 5.61. The van der Waals surface area contributed by atoms with Gasteiger partial charge in [-0.05, 0) is 12.5 Å². The van der Waals surface area contributed by atoms with Gasteiger partial charge in [-0.25, -0.2) is 4.39 Å². The van der Waals surface area contributed by atoms with E-state index in [0.717, 1.165) is 5.56 Å². The third kappa shape index (κ3) is 1.17. The van der Waals surface area contributed by atoms with Gasteiger partial charge in [0.05, 0.1) is 5.02 Å². The fourth-order valence-corrected chi connectivity index (χ4v) is 0.955. The second kappa shape index (κ2) is 2.63. The van der Waals surface area contributed by atoms with Crippen molar-refractivity contribution in [1.29, 1.82) is 0 Å². The van der Waals surface area contributed by atoms with Gasteiger partial charge >= 0.3 is 0 Å². The monoisotopic (exact) mass is 156 g/mol. The molecule has 1 rings (SSSR count). The first-order valence-corrected chi connectivity index (χ1v) is 3.42. The van der Waals surface area contributed by atoms with Crippen molar-refractivity contribution < 1.29 is 4.39 Å². The Bertz CT molecular complexity index is 233. The van der Waals surface area contributed by atoms with Crippen molar-refractivity contribution in [2.75, 3.05) is 0 Å². The maximum Gasteiger partial charge on any atom is 0.143 e. The van der Waals surface area contributed by atoms with Crippen LogP contribution in [-0.4, -0.2) is 7.85 Å². The molecule has 0 aliphatic carbocycles. The zero-order valence-corrected chi connectivity index (χ0v) is 6.67. The van der Waals surface area contributed by atoms with Crippen LogP contribution >= 0.6 is 11.6 Å². The van der Waals surface area contributed by atoms with Gasteiger partial charge in [-0.2, -0.15) is 0 Å². The molecule has 0 bridgehead atoms. The molecule has 0 spiro atoms. The average Bonchev–Trinajstić information content (AvgIpc) is 1.93. The van der Waals surface area contributed by atoms with Gasteiger partial charge in [-0.3, -0.25) is 0 Å². The van der Waals surface area contributed by atoms with Crippen LogP contribution in [0.1, 0.15) is 5.56 Å². The minimum atomic E-state index is -0.304. The second-order valence-corrected chi connectivity index (χ2v) is 2.71. The number of benzene rings is 1. The van der Waals surface area contributed by atoms with E-state index in [4.69, 9.17) is 11.6 Å². The molecule has 10 heavy (non-hydrogen) atoms. The predicted molar refractivity (Wildman–Crippen MR) is 44.3 cm³/mol. The van der Waals surface area contributed by atoms with Crippen molar-refractivity contribution in [2.45, 2.75) is 6.92 Å². The molecular formula is C7H7BClF. The van der Waals surface area contributed by atoms with Gasteiger partial charge in [0, 0.05) is 0 Å². The summed E-state index contributed by atoms with van der Waals surface area (Å²) in [7, 11) is 1.70. The van der Waals surface area contributed by atoms with Crippen LogP contribution in [0.3, 0.4) is 0 Å². The van der Waals surface area contributed by atoms with Crippen molar-refractivity contribution in [3.8, 4) is 0 Å². The Kier molecular flexibility index (Phi) is 2.00. The highest BCUT2D eigenvalue weighted by Crippen LogP contribution is 2.15. The van der Waals surface area contributed by atoms with Gasteiger partial charge < -0.3 is 0 Å². The number of halogens is 2. The van der Waals surface area contributed by atoms with Gasteiger partial charge in [0.15, 0.2) is 0 Å². The molecule has 0 atom stereocenters. The minimum absolute atomic E-state index is 0.236. The smallest absolute Gasteiger partial charge is 0.143 e. The van der Waals surface area contributed by atoms with E-state index in [1.807, 2.05) is 0 Å². The molecule has 1 aromatic carbocycles. The summed E-state index contributed by atoms with van der Waals surface area (Å²) in [6.45, 7) is 1.78. The second-order valence-electron chi connectivity index (χ2n) is 2.33. The summed E-state index contributed by atoms with van der Waals surface area (Å²) in [5.74, 6) is -0.304. The molecule has 0 radical (unpaired) electrons. The number of aryl methyl sites for hydroxylation is 1. The van der Waals surface area contributed by atoms with Crippen molar-refractivity contribution >= 4 is 24.9 Å². The SMILES string of the molecule is Bc1ccc(C)c(Cl)c1F. The molecule has 0 saturated carbocycles. The summed E-state index contributed by atoms with van der Waals surface area (Å²) in [4.78, 5) is 0. The molecule has 0 nitrogen and oxygen atoms in total. The average molecular weight is 156 g/mol. The van der Waals surface area contributed by atoms with Crippen LogP contribution in [0.2, 0.25) is 5.02 Å². The molecule has 3 heteroatoms. The topological polar surface area (TPSA) is 0 Å². The lowest BCUT2D eigenvalue weighted by molar-refractivity contribution is 0.635. The largest absolute Gasteiger partial charge is 0.206 e. The third-order valence-corrected chi connectivity index (χ3v) is 1.93. The normalized spacial score (nSPS) is 9.90. The molecule has 0 aromatic heterocycles. The van der Waals surface area contributed by atoms with Crippen LogP contribution in [0.5, 0.6) is 0 Å². The van der Waals surface area contributed by atoms with Gasteiger partial charge in [0.25, 0.3) is 0 Å².